The first-order chi connectivity index (χ1) is 14.6. The van der Waals surface area contributed by atoms with Crippen molar-refractivity contribution in [2.24, 2.45) is 0 Å². The summed E-state index contributed by atoms with van der Waals surface area (Å²) in [7, 11) is 1.82. The summed E-state index contributed by atoms with van der Waals surface area (Å²) in [5.74, 6) is 1.36. The molecule has 0 bridgehead atoms. The average Bonchev–Trinajstić information content (AvgIpc) is 3.22. The third-order valence-corrected chi connectivity index (χ3v) is 5.13. The van der Waals surface area contributed by atoms with Crippen LogP contribution in [0, 0.1) is 0 Å². The van der Waals surface area contributed by atoms with Gasteiger partial charge in [-0.1, -0.05) is 24.3 Å². The van der Waals surface area contributed by atoms with Gasteiger partial charge in [-0.3, -0.25) is 4.79 Å². The Kier molecular flexibility index (Phi) is 5.57. The molecule has 1 aromatic carbocycles. The van der Waals surface area contributed by atoms with Gasteiger partial charge in [0.25, 0.3) is 0 Å². The van der Waals surface area contributed by atoms with E-state index in [0.717, 1.165) is 27.8 Å². The van der Waals surface area contributed by atoms with Crippen LogP contribution in [0.3, 0.4) is 0 Å². The number of pyridine rings is 2. The van der Waals surface area contributed by atoms with E-state index in [1.165, 1.54) is 0 Å². The number of hydrogen-bond acceptors (Lipinski definition) is 4. The van der Waals surface area contributed by atoms with Gasteiger partial charge in [-0.2, -0.15) is 0 Å². The minimum Gasteiger partial charge on any atom is -0.361 e. The molecular formula is C24H23N5O. The van der Waals surface area contributed by atoms with E-state index in [1.807, 2.05) is 68.7 Å². The van der Waals surface area contributed by atoms with Crippen molar-refractivity contribution in [1.29, 1.82) is 0 Å². The number of aromatic nitrogens is 3. The van der Waals surface area contributed by atoms with Crippen LogP contribution in [0.5, 0.6) is 0 Å². The highest BCUT2D eigenvalue weighted by Gasteiger charge is 2.18. The number of likely N-dealkylation sites (N-methyl/N-ethyl adjacent to an activating group) is 1. The fourth-order valence-corrected chi connectivity index (χ4v) is 3.27. The van der Waals surface area contributed by atoms with Gasteiger partial charge in [-0.25, -0.2) is 9.97 Å². The van der Waals surface area contributed by atoms with Crippen molar-refractivity contribution < 1.29 is 4.79 Å². The van der Waals surface area contributed by atoms with E-state index in [4.69, 9.17) is 0 Å². The Morgan fingerprint density at radius 3 is 2.63 bits per heavy atom. The molecule has 1 unspecified atom stereocenters. The highest BCUT2D eigenvalue weighted by Crippen LogP contribution is 2.27. The molecule has 6 heteroatoms. The van der Waals surface area contributed by atoms with Gasteiger partial charge in [0, 0.05) is 42.6 Å². The van der Waals surface area contributed by atoms with E-state index in [9.17, 15) is 4.79 Å². The van der Waals surface area contributed by atoms with E-state index in [-0.39, 0.29) is 11.9 Å². The average molecular weight is 397 g/mol. The molecule has 3 heterocycles. The van der Waals surface area contributed by atoms with E-state index >= 15 is 0 Å². The zero-order valence-electron chi connectivity index (χ0n) is 16.9. The van der Waals surface area contributed by atoms with Crippen molar-refractivity contribution >= 4 is 34.5 Å². The molecule has 30 heavy (non-hydrogen) atoms. The number of nitrogens with zero attached hydrogens (tertiary/aromatic N) is 3. The molecule has 3 aromatic heterocycles. The van der Waals surface area contributed by atoms with Gasteiger partial charge in [0.2, 0.25) is 5.91 Å². The van der Waals surface area contributed by atoms with Crippen molar-refractivity contribution in [3.8, 4) is 0 Å². The Bertz CT molecular complexity index is 1170. The molecule has 0 aliphatic carbocycles. The number of carbonyl (C=O) groups is 1. The molecule has 0 spiro atoms. The topological polar surface area (TPSA) is 73.9 Å². The maximum Gasteiger partial charge on any atom is 0.246 e. The Morgan fingerprint density at radius 1 is 1.07 bits per heavy atom. The van der Waals surface area contributed by atoms with Crippen molar-refractivity contribution in [1.82, 2.24) is 19.9 Å². The Morgan fingerprint density at radius 2 is 1.87 bits per heavy atom. The lowest BCUT2D eigenvalue weighted by atomic mass is 10.1. The number of fused-ring (bicyclic) bond motifs is 1. The largest absolute Gasteiger partial charge is 0.361 e. The highest BCUT2D eigenvalue weighted by atomic mass is 16.2. The predicted octanol–water partition coefficient (Wildman–Crippen LogP) is 4.93. The maximum absolute atomic E-state index is 12.7. The molecule has 0 aliphatic heterocycles. The van der Waals surface area contributed by atoms with Gasteiger partial charge in [0.05, 0.1) is 6.04 Å². The molecule has 4 aromatic rings. The Hall–Kier alpha value is -3.93. The number of aromatic amines is 1. The van der Waals surface area contributed by atoms with Crippen molar-refractivity contribution in [2.75, 3.05) is 12.4 Å². The summed E-state index contributed by atoms with van der Waals surface area (Å²) in [6.07, 6.45) is 8.77. The van der Waals surface area contributed by atoms with E-state index in [0.29, 0.717) is 5.82 Å². The van der Waals surface area contributed by atoms with Crippen LogP contribution >= 0.6 is 0 Å². The molecule has 6 nitrogen and oxygen atoms in total. The van der Waals surface area contributed by atoms with Gasteiger partial charge in [0.1, 0.15) is 11.6 Å². The Balaban J connectivity index is 1.41. The number of anilines is 2. The molecule has 0 saturated heterocycles. The molecule has 0 fully saturated rings. The summed E-state index contributed by atoms with van der Waals surface area (Å²) in [5.41, 5.74) is 3.02. The van der Waals surface area contributed by atoms with Gasteiger partial charge in [-0.15, -0.1) is 0 Å². The summed E-state index contributed by atoms with van der Waals surface area (Å²) in [6.45, 7) is 2.03. The Labute approximate surface area is 175 Å². The smallest absolute Gasteiger partial charge is 0.246 e. The number of para-hydroxylation sites is 1. The summed E-state index contributed by atoms with van der Waals surface area (Å²) < 4.78 is 0. The van der Waals surface area contributed by atoms with Crippen molar-refractivity contribution in [2.45, 2.75) is 13.0 Å². The zero-order chi connectivity index (χ0) is 20.9. The van der Waals surface area contributed by atoms with E-state index in [1.54, 1.807) is 29.4 Å². The van der Waals surface area contributed by atoms with Crippen LogP contribution in [0.2, 0.25) is 0 Å². The lowest BCUT2D eigenvalue weighted by Crippen LogP contribution is -2.27. The summed E-state index contributed by atoms with van der Waals surface area (Å²) in [4.78, 5) is 26.3. The van der Waals surface area contributed by atoms with E-state index < -0.39 is 0 Å². The molecule has 150 valence electrons. The van der Waals surface area contributed by atoms with Crippen LogP contribution in [0.4, 0.5) is 11.6 Å². The number of nitrogens with one attached hydrogen (secondary N) is 2. The number of hydrogen-bond donors (Lipinski definition) is 2. The molecule has 1 amide bonds. The molecule has 0 saturated carbocycles. The first-order valence-corrected chi connectivity index (χ1v) is 9.77. The minimum absolute atomic E-state index is 0.0543. The second-order valence-corrected chi connectivity index (χ2v) is 7.06. The SMILES string of the molecule is CC(c1c[nH]c2ccccc12)N(C)C(=O)C=Cc1ccc(Nc2ccccn2)nc1. The number of carbonyl (C=O) groups excluding carboxylic acids is 1. The predicted molar refractivity (Wildman–Crippen MR) is 120 cm³/mol. The second kappa shape index (κ2) is 8.61. The molecule has 4 rings (SSSR count). The standard InChI is InChI=1S/C24H23N5O/c1-17(20-16-26-21-8-4-3-7-19(20)21)29(2)24(30)13-11-18-10-12-23(27-15-18)28-22-9-5-6-14-25-22/h3-17,26H,1-2H3,(H,25,27,28). The second-order valence-electron chi connectivity index (χ2n) is 7.06. The zero-order valence-corrected chi connectivity index (χ0v) is 16.9. The van der Waals surface area contributed by atoms with Crippen LogP contribution in [-0.4, -0.2) is 32.8 Å². The fraction of sp³-hybridized carbons (Fsp3) is 0.125. The first-order valence-electron chi connectivity index (χ1n) is 9.77. The first kappa shape index (κ1) is 19.4. The fourth-order valence-electron chi connectivity index (χ4n) is 3.27. The lowest BCUT2D eigenvalue weighted by molar-refractivity contribution is -0.126. The quantitative estimate of drug-likeness (QED) is 0.452. The lowest BCUT2D eigenvalue weighted by Gasteiger charge is -2.23. The number of amides is 1. The third-order valence-electron chi connectivity index (χ3n) is 5.13. The van der Waals surface area contributed by atoms with Crippen LogP contribution in [0.15, 0.2) is 79.3 Å². The summed E-state index contributed by atoms with van der Waals surface area (Å²) in [5, 5.41) is 4.27. The normalized spacial score (nSPS) is 12.2. The van der Waals surface area contributed by atoms with Crippen LogP contribution in [0.25, 0.3) is 17.0 Å². The maximum atomic E-state index is 12.7. The van der Waals surface area contributed by atoms with Crippen LogP contribution in [0.1, 0.15) is 24.1 Å². The highest BCUT2D eigenvalue weighted by molar-refractivity contribution is 5.92. The molecular weight excluding hydrogens is 374 g/mol. The number of rotatable bonds is 6. The summed E-state index contributed by atoms with van der Waals surface area (Å²) in [6, 6.07) is 17.5. The van der Waals surface area contributed by atoms with Gasteiger partial charge < -0.3 is 15.2 Å². The van der Waals surface area contributed by atoms with Crippen LogP contribution < -0.4 is 5.32 Å². The van der Waals surface area contributed by atoms with Gasteiger partial charge in [-0.05, 0) is 54.5 Å². The molecule has 0 radical (unpaired) electrons. The van der Waals surface area contributed by atoms with Gasteiger partial charge >= 0.3 is 0 Å². The monoisotopic (exact) mass is 397 g/mol. The van der Waals surface area contributed by atoms with Crippen LogP contribution in [-0.2, 0) is 4.79 Å². The molecule has 2 N–H and O–H groups in total. The molecule has 1 atom stereocenters. The minimum atomic E-state index is -0.0662. The molecule has 0 aliphatic rings. The van der Waals surface area contributed by atoms with Crippen molar-refractivity contribution in [3.05, 3.63) is 90.4 Å². The van der Waals surface area contributed by atoms with Crippen molar-refractivity contribution in [3.63, 3.8) is 0 Å². The summed E-state index contributed by atoms with van der Waals surface area (Å²) >= 11 is 0. The van der Waals surface area contributed by atoms with Gasteiger partial charge in [0.15, 0.2) is 0 Å². The third kappa shape index (κ3) is 4.22. The number of H-pyrrole nitrogens is 1. The van der Waals surface area contributed by atoms with E-state index in [2.05, 4.69) is 26.3 Å². The number of benzene rings is 1.